The second-order valence-electron chi connectivity index (χ2n) is 8.03. The maximum Gasteiger partial charge on any atom is 0.255 e. The summed E-state index contributed by atoms with van der Waals surface area (Å²) in [4.78, 5) is 21.3. The summed E-state index contributed by atoms with van der Waals surface area (Å²) in [6, 6.07) is 5.93. The maximum absolute atomic E-state index is 14.0. The van der Waals surface area contributed by atoms with Crippen LogP contribution < -0.4 is 10.6 Å². The molecular formula is C22H24F2N6O3. The minimum absolute atomic E-state index is 0.00443. The summed E-state index contributed by atoms with van der Waals surface area (Å²) in [7, 11) is 0. The maximum atomic E-state index is 14.0. The van der Waals surface area contributed by atoms with E-state index in [-0.39, 0.29) is 11.3 Å². The molecule has 0 aliphatic rings. The first-order chi connectivity index (χ1) is 15.7. The summed E-state index contributed by atoms with van der Waals surface area (Å²) in [6.07, 6.45) is 2.63. The van der Waals surface area contributed by atoms with Crippen molar-refractivity contribution in [3.8, 4) is 11.9 Å². The van der Waals surface area contributed by atoms with Crippen LogP contribution in [0.5, 0.6) is 0 Å². The second kappa shape index (κ2) is 9.89. The zero-order chi connectivity index (χ0) is 24.2. The third-order valence-corrected chi connectivity index (χ3v) is 5.01. The summed E-state index contributed by atoms with van der Waals surface area (Å²) in [6.45, 7) is 0.713. The number of anilines is 1. The van der Waals surface area contributed by atoms with E-state index in [1.807, 2.05) is 6.07 Å². The molecule has 33 heavy (non-hydrogen) atoms. The number of nitriles is 1. The first-order valence-electron chi connectivity index (χ1n) is 10.1. The van der Waals surface area contributed by atoms with Crippen molar-refractivity contribution in [3.05, 3.63) is 47.9 Å². The zero-order valence-electron chi connectivity index (χ0n) is 18.1. The quantitative estimate of drug-likeness (QED) is 0.384. The minimum atomic E-state index is -1.71. The Morgan fingerprint density at radius 3 is 2.73 bits per heavy atom. The predicted octanol–water partition coefficient (Wildman–Crippen LogP) is 1.87. The molecule has 0 aliphatic carbocycles. The molecule has 2 atom stereocenters. The van der Waals surface area contributed by atoms with Gasteiger partial charge in [-0.1, -0.05) is 0 Å². The number of rotatable bonds is 9. The summed E-state index contributed by atoms with van der Waals surface area (Å²) in [5.74, 6) is -0.343. The number of amides is 1. The van der Waals surface area contributed by atoms with Gasteiger partial charge in [0.2, 0.25) is 0 Å². The number of aliphatic hydroxyl groups excluding tert-OH is 1. The van der Waals surface area contributed by atoms with Crippen LogP contribution in [0.3, 0.4) is 0 Å². The fraction of sp³-hybridized carbons (Fsp3) is 0.364. The van der Waals surface area contributed by atoms with Gasteiger partial charge in [0.05, 0.1) is 41.6 Å². The van der Waals surface area contributed by atoms with Gasteiger partial charge in [-0.15, -0.1) is 0 Å². The van der Waals surface area contributed by atoms with Crippen LogP contribution in [0.25, 0.3) is 16.9 Å². The highest BCUT2D eigenvalue weighted by molar-refractivity contribution is 5.99. The van der Waals surface area contributed by atoms with Crippen LogP contribution in [-0.4, -0.2) is 68.3 Å². The lowest BCUT2D eigenvalue weighted by Gasteiger charge is -2.23. The smallest absolute Gasteiger partial charge is 0.255 e. The van der Waals surface area contributed by atoms with E-state index in [9.17, 15) is 23.8 Å². The fourth-order valence-corrected chi connectivity index (χ4v) is 3.03. The van der Waals surface area contributed by atoms with Crippen LogP contribution >= 0.6 is 0 Å². The molecule has 9 nitrogen and oxygen atoms in total. The second-order valence-corrected chi connectivity index (χ2v) is 8.03. The third-order valence-electron chi connectivity index (χ3n) is 5.01. The number of halogens is 2. The van der Waals surface area contributed by atoms with Crippen LogP contribution in [0.4, 0.5) is 14.5 Å². The lowest BCUT2D eigenvalue weighted by molar-refractivity contribution is -0.00177. The van der Waals surface area contributed by atoms with E-state index in [1.165, 1.54) is 32.3 Å². The molecule has 0 saturated carbocycles. The van der Waals surface area contributed by atoms with E-state index < -0.39 is 43.5 Å². The Hall–Kier alpha value is -3.62. The number of nitrogens with one attached hydrogen (secondary N) is 2. The molecule has 0 bridgehead atoms. The van der Waals surface area contributed by atoms with Crippen molar-refractivity contribution in [1.29, 1.82) is 5.26 Å². The predicted molar refractivity (Wildman–Crippen MR) is 118 cm³/mol. The highest BCUT2D eigenvalue weighted by Crippen LogP contribution is 2.24. The van der Waals surface area contributed by atoms with Crippen molar-refractivity contribution in [2.24, 2.45) is 0 Å². The standard InChI is InChI=1S/C22H24F2N6O3/c1-22(2,33)18(24)11-28-21(32)16-10-26-19(6-17(16)29-15(7-23)12-31)30-4-3-14-5-13(8-25)9-27-20(14)30/h3-6,9-10,15,18,31,33H,7,11-12H2,1-2H3,(H,26,29)(H,28,32)/t15?,18-/m1/s1. The molecule has 3 aromatic heterocycles. The molecule has 4 N–H and O–H groups in total. The number of fused-ring (bicyclic) bond motifs is 1. The summed E-state index contributed by atoms with van der Waals surface area (Å²) < 4.78 is 28.9. The molecule has 1 amide bonds. The highest BCUT2D eigenvalue weighted by Gasteiger charge is 2.27. The van der Waals surface area contributed by atoms with Crippen LogP contribution in [0.15, 0.2) is 36.8 Å². The number of alkyl halides is 2. The van der Waals surface area contributed by atoms with E-state index in [2.05, 4.69) is 20.6 Å². The molecule has 174 valence electrons. The first-order valence-corrected chi connectivity index (χ1v) is 10.1. The molecular weight excluding hydrogens is 434 g/mol. The van der Waals surface area contributed by atoms with Gasteiger partial charge < -0.3 is 20.8 Å². The molecule has 3 rings (SSSR count). The number of hydrogen-bond donors (Lipinski definition) is 4. The minimum Gasteiger partial charge on any atom is -0.394 e. The molecule has 3 aromatic rings. The average Bonchev–Trinajstić information content (AvgIpc) is 3.23. The molecule has 0 aliphatic heterocycles. The monoisotopic (exact) mass is 458 g/mol. The van der Waals surface area contributed by atoms with Gasteiger partial charge in [0, 0.05) is 30.0 Å². The Balaban J connectivity index is 1.97. The Morgan fingerprint density at radius 1 is 1.33 bits per heavy atom. The highest BCUT2D eigenvalue weighted by atomic mass is 19.1. The van der Waals surface area contributed by atoms with E-state index in [0.717, 1.165) is 0 Å². The van der Waals surface area contributed by atoms with Gasteiger partial charge in [-0.25, -0.2) is 18.7 Å². The first kappa shape index (κ1) is 24.0. The molecule has 1 unspecified atom stereocenters. The van der Waals surface area contributed by atoms with Gasteiger partial charge in [0.1, 0.15) is 30.4 Å². The number of pyridine rings is 2. The van der Waals surface area contributed by atoms with E-state index in [1.54, 1.807) is 22.9 Å². The fourth-order valence-electron chi connectivity index (χ4n) is 3.03. The zero-order valence-corrected chi connectivity index (χ0v) is 18.1. The molecule has 11 heteroatoms. The van der Waals surface area contributed by atoms with Crippen molar-refractivity contribution in [1.82, 2.24) is 19.9 Å². The number of carbonyl (C=O) groups is 1. The molecule has 0 radical (unpaired) electrons. The third kappa shape index (κ3) is 5.42. The number of hydrogen-bond acceptors (Lipinski definition) is 7. The van der Waals surface area contributed by atoms with Gasteiger partial charge in [0.25, 0.3) is 5.91 Å². The molecule has 3 heterocycles. The van der Waals surface area contributed by atoms with E-state index in [0.29, 0.717) is 22.4 Å². The Bertz CT molecular complexity index is 1180. The Labute approximate surface area is 188 Å². The largest absolute Gasteiger partial charge is 0.394 e. The Kier molecular flexibility index (Phi) is 7.20. The van der Waals surface area contributed by atoms with Crippen molar-refractivity contribution in [3.63, 3.8) is 0 Å². The normalized spacial score (nSPS) is 13.4. The van der Waals surface area contributed by atoms with Crippen LogP contribution in [-0.2, 0) is 0 Å². The topological polar surface area (TPSA) is 136 Å². The van der Waals surface area contributed by atoms with Gasteiger partial charge >= 0.3 is 0 Å². The lowest BCUT2D eigenvalue weighted by Crippen LogP contribution is -2.42. The number of aliphatic hydroxyl groups is 2. The number of aromatic nitrogens is 3. The van der Waals surface area contributed by atoms with Gasteiger partial charge in [-0.05, 0) is 26.0 Å². The average molecular weight is 458 g/mol. The Morgan fingerprint density at radius 2 is 2.09 bits per heavy atom. The molecule has 0 fully saturated rings. The van der Waals surface area contributed by atoms with Gasteiger partial charge in [0.15, 0.2) is 0 Å². The number of carbonyl (C=O) groups excluding carboxylic acids is 1. The summed E-state index contributed by atoms with van der Waals surface area (Å²) in [5.41, 5.74) is -0.554. The van der Waals surface area contributed by atoms with E-state index >= 15 is 0 Å². The van der Waals surface area contributed by atoms with Crippen molar-refractivity contribution < 1.29 is 23.8 Å². The summed E-state index contributed by atoms with van der Waals surface area (Å²) >= 11 is 0. The van der Waals surface area contributed by atoms with E-state index in [4.69, 9.17) is 5.26 Å². The van der Waals surface area contributed by atoms with Crippen LogP contribution in [0.1, 0.15) is 29.8 Å². The van der Waals surface area contributed by atoms with Gasteiger partial charge in [-0.2, -0.15) is 5.26 Å². The summed E-state index contributed by atoms with van der Waals surface area (Å²) in [5, 5.41) is 34.0. The van der Waals surface area contributed by atoms with Crippen molar-refractivity contribution in [2.75, 3.05) is 25.1 Å². The molecule has 0 aromatic carbocycles. The SMILES string of the molecule is CC(C)(O)[C@H](F)CNC(=O)c1cnc(-n2ccc3cc(C#N)cnc32)cc1NC(CO)CF. The number of nitrogens with zero attached hydrogens (tertiary/aromatic N) is 4. The van der Waals surface area contributed by atoms with Crippen molar-refractivity contribution >= 4 is 22.6 Å². The molecule has 0 spiro atoms. The van der Waals surface area contributed by atoms with Crippen molar-refractivity contribution in [2.45, 2.75) is 31.7 Å². The lowest BCUT2D eigenvalue weighted by atomic mass is 10.0. The molecule has 0 saturated heterocycles. The van der Waals surface area contributed by atoms with Crippen LogP contribution in [0.2, 0.25) is 0 Å². The van der Waals surface area contributed by atoms with Gasteiger partial charge in [-0.3, -0.25) is 9.36 Å². The van der Waals surface area contributed by atoms with Crippen LogP contribution in [0, 0.1) is 11.3 Å².